The molecule has 0 bridgehead atoms. The number of nitrogens with two attached hydrogens (primary N) is 1. The molecule has 9 nitrogen and oxygen atoms in total. The maximum absolute atomic E-state index is 12.4. The zero-order valence-corrected chi connectivity index (χ0v) is 16.7. The molecule has 152 valence electrons. The summed E-state index contributed by atoms with van der Waals surface area (Å²) in [7, 11) is 4.58. The van der Waals surface area contributed by atoms with E-state index in [0.29, 0.717) is 34.3 Å². The minimum absolute atomic E-state index is 0.0722. The van der Waals surface area contributed by atoms with Gasteiger partial charge in [-0.1, -0.05) is 12.1 Å². The number of carbonyl (C=O) groups excluding carboxylic acids is 1. The number of carbonyl (C=O) groups is 1. The molecule has 0 unspecified atom stereocenters. The lowest BCUT2D eigenvalue weighted by Crippen LogP contribution is -2.20. The van der Waals surface area contributed by atoms with Crippen molar-refractivity contribution in [1.82, 2.24) is 14.8 Å². The van der Waals surface area contributed by atoms with Crippen molar-refractivity contribution in [3.8, 4) is 28.6 Å². The number of hydrogen-bond donors (Lipinski definition) is 2. The van der Waals surface area contributed by atoms with E-state index >= 15 is 0 Å². The number of nitrogens with one attached hydrogen (secondary N) is 1. The smallest absolute Gasteiger partial charge is 0.246 e. The molecule has 0 aliphatic heterocycles. The lowest BCUT2D eigenvalue weighted by molar-refractivity contribution is -0.116. The first-order valence-corrected chi connectivity index (χ1v) is 8.82. The van der Waals surface area contributed by atoms with Crippen molar-refractivity contribution >= 4 is 17.5 Å². The second-order valence-electron chi connectivity index (χ2n) is 6.28. The molecule has 0 saturated heterocycles. The fourth-order valence-electron chi connectivity index (χ4n) is 2.86. The first-order chi connectivity index (χ1) is 13.9. The Morgan fingerprint density at radius 3 is 2.38 bits per heavy atom. The molecule has 3 N–H and O–H groups in total. The molecule has 0 aliphatic carbocycles. The number of hydrogen-bond acceptors (Lipinski definition) is 7. The van der Waals surface area contributed by atoms with E-state index in [4.69, 9.17) is 19.9 Å². The molecule has 0 fully saturated rings. The van der Waals surface area contributed by atoms with Crippen LogP contribution in [0.25, 0.3) is 11.4 Å². The van der Waals surface area contributed by atoms with E-state index in [0.717, 1.165) is 5.56 Å². The number of amides is 1. The normalized spacial score (nSPS) is 10.5. The molecular formula is C20H23N5O4. The molecule has 1 aromatic heterocycles. The average Bonchev–Trinajstić information content (AvgIpc) is 3.06. The first-order valence-electron chi connectivity index (χ1n) is 8.82. The molecular weight excluding hydrogens is 374 g/mol. The predicted octanol–water partition coefficient (Wildman–Crippen LogP) is 2.50. The third-order valence-electron chi connectivity index (χ3n) is 4.22. The summed E-state index contributed by atoms with van der Waals surface area (Å²) >= 11 is 0. The highest BCUT2D eigenvalue weighted by molar-refractivity contribution is 5.90. The number of ether oxygens (including phenoxy) is 3. The van der Waals surface area contributed by atoms with Crippen LogP contribution in [0.2, 0.25) is 0 Å². The molecule has 0 saturated carbocycles. The van der Waals surface area contributed by atoms with Crippen molar-refractivity contribution in [2.24, 2.45) is 0 Å². The van der Waals surface area contributed by atoms with Gasteiger partial charge in [0.1, 0.15) is 6.54 Å². The quantitative estimate of drug-likeness (QED) is 0.630. The molecule has 0 spiro atoms. The number of methoxy groups -OCH3 is 3. The van der Waals surface area contributed by atoms with Crippen LogP contribution in [-0.4, -0.2) is 42.0 Å². The van der Waals surface area contributed by atoms with Gasteiger partial charge in [0, 0.05) is 11.3 Å². The molecule has 3 aromatic rings. The SMILES string of the molecule is COc1cc(-c2nc(N)n(CC(=O)Nc3cccc(C)c3)n2)cc(OC)c1OC. The molecule has 29 heavy (non-hydrogen) atoms. The fraction of sp³-hybridized carbons (Fsp3) is 0.250. The van der Waals surface area contributed by atoms with Gasteiger partial charge in [0.2, 0.25) is 17.6 Å². The Labute approximate surface area is 168 Å². The number of nitrogen functional groups attached to an aromatic ring is 1. The van der Waals surface area contributed by atoms with Crippen molar-refractivity contribution in [3.05, 3.63) is 42.0 Å². The van der Waals surface area contributed by atoms with Crippen LogP contribution in [-0.2, 0) is 11.3 Å². The van der Waals surface area contributed by atoms with Gasteiger partial charge in [0.25, 0.3) is 0 Å². The van der Waals surface area contributed by atoms with Crippen molar-refractivity contribution in [1.29, 1.82) is 0 Å². The summed E-state index contributed by atoms with van der Waals surface area (Å²) in [5.74, 6) is 1.59. The van der Waals surface area contributed by atoms with E-state index in [2.05, 4.69) is 15.4 Å². The first kappa shape index (κ1) is 20.0. The van der Waals surface area contributed by atoms with Gasteiger partial charge in [-0.2, -0.15) is 4.98 Å². The number of aromatic nitrogens is 3. The number of aryl methyl sites for hydroxylation is 1. The van der Waals surface area contributed by atoms with E-state index in [9.17, 15) is 4.79 Å². The van der Waals surface area contributed by atoms with E-state index in [1.165, 1.54) is 26.0 Å². The summed E-state index contributed by atoms with van der Waals surface area (Å²) in [5, 5.41) is 7.17. The van der Waals surface area contributed by atoms with Gasteiger partial charge in [-0.05, 0) is 36.8 Å². The van der Waals surface area contributed by atoms with Gasteiger partial charge < -0.3 is 25.3 Å². The number of anilines is 2. The fourth-order valence-corrected chi connectivity index (χ4v) is 2.86. The number of benzene rings is 2. The monoisotopic (exact) mass is 397 g/mol. The Bertz CT molecular complexity index is 1010. The minimum atomic E-state index is -0.261. The summed E-state index contributed by atoms with van der Waals surface area (Å²) in [6.45, 7) is 1.88. The summed E-state index contributed by atoms with van der Waals surface area (Å²) < 4.78 is 17.4. The van der Waals surface area contributed by atoms with Gasteiger partial charge in [0.15, 0.2) is 17.3 Å². The van der Waals surface area contributed by atoms with Gasteiger partial charge >= 0.3 is 0 Å². The molecule has 9 heteroatoms. The second kappa shape index (κ2) is 8.51. The molecule has 0 aliphatic rings. The Hall–Kier alpha value is -3.75. The van der Waals surface area contributed by atoms with Gasteiger partial charge in [0.05, 0.1) is 21.3 Å². The van der Waals surface area contributed by atoms with Crippen molar-refractivity contribution < 1.29 is 19.0 Å². The molecule has 0 atom stereocenters. The van der Waals surface area contributed by atoms with Crippen LogP contribution in [0.4, 0.5) is 11.6 Å². The maximum atomic E-state index is 12.4. The number of nitrogens with zero attached hydrogens (tertiary/aromatic N) is 3. The maximum Gasteiger partial charge on any atom is 0.246 e. The molecule has 0 radical (unpaired) electrons. The second-order valence-corrected chi connectivity index (χ2v) is 6.28. The topological polar surface area (TPSA) is 114 Å². The lowest BCUT2D eigenvalue weighted by atomic mass is 10.1. The Balaban J connectivity index is 1.84. The van der Waals surface area contributed by atoms with Crippen LogP contribution in [0.15, 0.2) is 36.4 Å². The van der Waals surface area contributed by atoms with E-state index in [1.807, 2.05) is 31.2 Å². The Morgan fingerprint density at radius 1 is 1.10 bits per heavy atom. The van der Waals surface area contributed by atoms with E-state index in [1.54, 1.807) is 12.1 Å². The zero-order valence-electron chi connectivity index (χ0n) is 16.7. The minimum Gasteiger partial charge on any atom is -0.493 e. The highest BCUT2D eigenvalue weighted by atomic mass is 16.5. The summed E-state index contributed by atoms with van der Waals surface area (Å²) in [5.41, 5.74) is 8.33. The van der Waals surface area contributed by atoms with Gasteiger partial charge in [-0.3, -0.25) is 4.79 Å². The molecule has 2 aromatic carbocycles. The standard InChI is InChI=1S/C20H23N5O4/c1-12-6-5-7-14(8-12)22-17(26)11-25-20(21)23-19(24-25)13-9-15(27-2)18(29-4)16(10-13)28-3/h5-10H,11H2,1-4H3,(H,22,26)(H2,21,23,24). The Morgan fingerprint density at radius 2 is 1.79 bits per heavy atom. The largest absolute Gasteiger partial charge is 0.493 e. The molecule has 1 heterocycles. The van der Waals surface area contributed by atoms with Crippen LogP contribution in [0, 0.1) is 6.92 Å². The summed E-state index contributed by atoms with van der Waals surface area (Å²) in [4.78, 5) is 16.6. The Kier molecular flexibility index (Phi) is 5.87. The van der Waals surface area contributed by atoms with Crippen LogP contribution < -0.4 is 25.3 Å². The van der Waals surface area contributed by atoms with Crippen LogP contribution in [0.5, 0.6) is 17.2 Å². The highest BCUT2D eigenvalue weighted by Gasteiger charge is 2.18. The highest BCUT2D eigenvalue weighted by Crippen LogP contribution is 2.40. The zero-order chi connectivity index (χ0) is 21.0. The van der Waals surface area contributed by atoms with E-state index < -0.39 is 0 Å². The number of rotatable bonds is 7. The van der Waals surface area contributed by atoms with Crippen molar-refractivity contribution in [2.75, 3.05) is 32.4 Å². The summed E-state index contributed by atoms with van der Waals surface area (Å²) in [6, 6.07) is 11.0. The lowest BCUT2D eigenvalue weighted by Gasteiger charge is -2.12. The van der Waals surface area contributed by atoms with Gasteiger partial charge in [-0.15, -0.1) is 5.10 Å². The van der Waals surface area contributed by atoms with Crippen LogP contribution in [0.3, 0.4) is 0 Å². The third-order valence-corrected chi connectivity index (χ3v) is 4.22. The van der Waals surface area contributed by atoms with Crippen LogP contribution >= 0.6 is 0 Å². The predicted molar refractivity (Wildman–Crippen MR) is 109 cm³/mol. The van der Waals surface area contributed by atoms with Gasteiger partial charge in [-0.25, -0.2) is 4.68 Å². The van der Waals surface area contributed by atoms with Crippen molar-refractivity contribution in [2.45, 2.75) is 13.5 Å². The third kappa shape index (κ3) is 4.40. The van der Waals surface area contributed by atoms with Crippen LogP contribution in [0.1, 0.15) is 5.56 Å². The molecule has 3 rings (SSSR count). The average molecular weight is 397 g/mol. The van der Waals surface area contributed by atoms with Crippen molar-refractivity contribution in [3.63, 3.8) is 0 Å². The summed E-state index contributed by atoms with van der Waals surface area (Å²) in [6.07, 6.45) is 0. The van der Waals surface area contributed by atoms with E-state index in [-0.39, 0.29) is 18.4 Å². The molecule has 1 amide bonds.